The number of aliphatic carboxylic acids is 1. The Morgan fingerprint density at radius 2 is 2.21 bits per heavy atom. The molecular formula is C11H15NO2. The van der Waals surface area contributed by atoms with E-state index in [1.807, 2.05) is 25.1 Å². The van der Waals surface area contributed by atoms with Crippen molar-refractivity contribution in [3.8, 4) is 0 Å². The minimum absolute atomic E-state index is 0.113. The smallest absolute Gasteiger partial charge is 0.306 e. The maximum atomic E-state index is 10.7. The van der Waals surface area contributed by atoms with E-state index in [0.29, 0.717) is 6.42 Å². The lowest BCUT2D eigenvalue weighted by Crippen LogP contribution is -2.20. The average Bonchev–Trinajstić information content (AvgIpc) is 2.18. The molecule has 76 valence electrons. The molecule has 2 atom stereocenters. The number of carboxylic acid groups (broad SMARTS) is 1. The molecule has 0 amide bonds. The summed E-state index contributed by atoms with van der Waals surface area (Å²) in [6, 6.07) is 5.69. The second-order valence-electron chi connectivity index (χ2n) is 3.63. The maximum Gasteiger partial charge on any atom is 0.306 e. The molecule has 0 saturated heterocycles. The molecular weight excluding hydrogens is 178 g/mol. The lowest BCUT2D eigenvalue weighted by atomic mass is 9.91. The summed E-state index contributed by atoms with van der Waals surface area (Å²) in [5.74, 6) is -0.951. The molecule has 1 aromatic rings. The average molecular weight is 193 g/mol. The molecule has 1 aromatic heterocycles. The molecule has 3 nitrogen and oxygen atoms in total. The molecule has 0 fully saturated rings. The SMILES string of the molecule is CC(Cc1ccccn1)C(C)C(=O)O. The number of carboxylic acids is 1. The fraction of sp³-hybridized carbons (Fsp3) is 0.455. The summed E-state index contributed by atoms with van der Waals surface area (Å²) < 4.78 is 0. The van der Waals surface area contributed by atoms with Crippen molar-refractivity contribution in [2.45, 2.75) is 20.3 Å². The molecule has 0 aliphatic carbocycles. The van der Waals surface area contributed by atoms with Crippen LogP contribution in [0.2, 0.25) is 0 Å². The van der Waals surface area contributed by atoms with Crippen molar-refractivity contribution in [2.24, 2.45) is 11.8 Å². The first-order chi connectivity index (χ1) is 6.61. The number of hydrogen-bond acceptors (Lipinski definition) is 2. The van der Waals surface area contributed by atoms with E-state index in [1.54, 1.807) is 13.1 Å². The van der Waals surface area contributed by atoms with Crippen molar-refractivity contribution in [1.29, 1.82) is 0 Å². The number of nitrogens with zero attached hydrogens (tertiary/aromatic N) is 1. The Kier molecular flexibility index (Phi) is 3.63. The minimum Gasteiger partial charge on any atom is -0.481 e. The summed E-state index contributed by atoms with van der Waals surface area (Å²) in [7, 11) is 0. The molecule has 0 aliphatic rings. The lowest BCUT2D eigenvalue weighted by molar-refractivity contribution is -0.142. The van der Waals surface area contributed by atoms with Crippen molar-refractivity contribution in [1.82, 2.24) is 4.98 Å². The molecule has 0 radical (unpaired) electrons. The normalized spacial score (nSPS) is 14.7. The van der Waals surface area contributed by atoms with Crippen LogP contribution in [0.4, 0.5) is 0 Å². The van der Waals surface area contributed by atoms with Gasteiger partial charge in [0.05, 0.1) is 5.92 Å². The summed E-state index contributed by atoms with van der Waals surface area (Å²) >= 11 is 0. The lowest BCUT2D eigenvalue weighted by Gasteiger charge is -2.14. The predicted octanol–water partition coefficient (Wildman–Crippen LogP) is 1.98. The summed E-state index contributed by atoms with van der Waals surface area (Å²) in [6.45, 7) is 3.67. The van der Waals surface area contributed by atoms with Crippen molar-refractivity contribution < 1.29 is 9.90 Å². The minimum atomic E-state index is -0.742. The highest BCUT2D eigenvalue weighted by Crippen LogP contribution is 2.15. The molecule has 0 bridgehead atoms. The standard InChI is InChI=1S/C11H15NO2/c1-8(9(2)11(13)14)7-10-5-3-4-6-12-10/h3-6,8-9H,7H2,1-2H3,(H,13,14). The van der Waals surface area contributed by atoms with Crippen molar-refractivity contribution in [3.05, 3.63) is 30.1 Å². The molecule has 0 saturated carbocycles. The van der Waals surface area contributed by atoms with E-state index >= 15 is 0 Å². The van der Waals surface area contributed by atoms with Gasteiger partial charge in [-0.15, -0.1) is 0 Å². The Balaban J connectivity index is 2.57. The van der Waals surface area contributed by atoms with Crippen LogP contribution in [0.5, 0.6) is 0 Å². The van der Waals surface area contributed by atoms with E-state index in [2.05, 4.69) is 4.98 Å². The zero-order chi connectivity index (χ0) is 10.6. The maximum absolute atomic E-state index is 10.7. The van der Waals surface area contributed by atoms with Crippen LogP contribution in [0.25, 0.3) is 0 Å². The first-order valence-corrected chi connectivity index (χ1v) is 4.74. The Labute approximate surface area is 83.8 Å². The van der Waals surface area contributed by atoms with E-state index in [1.165, 1.54) is 0 Å². The fourth-order valence-electron chi connectivity index (χ4n) is 1.27. The van der Waals surface area contributed by atoms with Crippen molar-refractivity contribution >= 4 is 5.97 Å². The highest BCUT2D eigenvalue weighted by atomic mass is 16.4. The highest BCUT2D eigenvalue weighted by molar-refractivity contribution is 5.69. The van der Waals surface area contributed by atoms with Gasteiger partial charge in [-0.1, -0.05) is 19.9 Å². The summed E-state index contributed by atoms with van der Waals surface area (Å²) in [5, 5.41) is 8.81. The van der Waals surface area contributed by atoms with Crippen LogP contribution in [0, 0.1) is 11.8 Å². The summed E-state index contributed by atoms with van der Waals surface area (Å²) in [6.07, 6.45) is 2.45. The number of pyridine rings is 1. The van der Waals surface area contributed by atoms with Crippen LogP contribution >= 0.6 is 0 Å². The van der Waals surface area contributed by atoms with Crippen molar-refractivity contribution in [3.63, 3.8) is 0 Å². The summed E-state index contributed by atoms with van der Waals surface area (Å²) in [5.41, 5.74) is 0.952. The predicted molar refractivity (Wildman–Crippen MR) is 53.9 cm³/mol. The van der Waals surface area contributed by atoms with Crippen LogP contribution < -0.4 is 0 Å². The molecule has 1 heterocycles. The zero-order valence-corrected chi connectivity index (χ0v) is 8.47. The third kappa shape index (κ3) is 2.83. The molecule has 1 N–H and O–H groups in total. The van der Waals surface area contributed by atoms with Gasteiger partial charge in [0, 0.05) is 11.9 Å². The third-order valence-corrected chi connectivity index (χ3v) is 2.50. The van der Waals surface area contributed by atoms with Gasteiger partial charge in [0.1, 0.15) is 0 Å². The van der Waals surface area contributed by atoms with Gasteiger partial charge in [-0.05, 0) is 24.5 Å². The van der Waals surface area contributed by atoms with Gasteiger partial charge in [-0.2, -0.15) is 0 Å². The van der Waals surface area contributed by atoms with Crippen LogP contribution in [0.1, 0.15) is 19.5 Å². The topological polar surface area (TPSA) is 50.2 Å². The van der Waals surface area contributed by atoms with Crippen LogP contribution in [-0.2, 0) is 11.2 Å². The molecule has 0 spiro atoms. The Bertz CT molecular complexity index is 297. The highest BCUT2D eigenvalue weighted by Gasteiger charge is 2.19. The molecule has 0 aliphatic heterocycles. The fourth-order valence-corrected chi connectivity index (χ4v) is 1.27. The van der Waals surface area contributed by atoms with Gasteiger partial charge in [-0.25, -0.2) is 0 Å². The number of aromatic nitrogens is 1. The monoisotopic (exact) mass is 193 g/mol. The Hall–Kier alpha value is -1.38. The van der Waals surface area contributed by atoms with Crippen LogP contribution in [-0.4, -0.2) is 16.1 Å². The molecule has 14 heavy (non-hydrogen) atoms. The first-order valence-electron chi connectivity index (χ1n) is 4.74. The van der Waals surface area contributed by atoms with E-state index in [0.717, 1.165) is 5.69 Å². The first kappa shape index (κ1) is 10.7. The van der Waals surface area contributed by atoms with Gasteiger partial charge in [0.15, 0.2) is 0 Å². The second kappa shape index (κ2) is 4.74. The van der Waals surface area contributed by atoms with Gasteiger partial charge in [-0.3, -0.25) is 9.78 Å². The van der Waals surface area contributed by atoms with Gasteiger partial charge in [0.25, 0.3) is 0 Å². The van der Waals surface area contributed by atoms with Gasteiger partial charge >= 0.3 is 5.97 Å². The van der Waals surface area contributed by atoms with Gasteiger partial charge in [0.2, 0.25) is 0 Å². The number of rotatable bonds is 4. The molecule has 2 unspecified atom stereocenters. The largest absolute Gasteiger partial charge is 0.481 e. The number of carbonyl (C=O) groups is 1. The molecule has 0 aromatic carbocycles. The van der Waals surface area contributed by atoms with E-state index in [-0.39, 0.29) is 11.8 Å². The van der Waals surface area contributed by atoms with Crippen LogP contribution in [0.15, 0.2) is 24.4 Å². The van der Waals surface area contributed by atoms with Gasteiger partial charge < -0.3 is 5.11 Å². The zero-order valence-electron chi connectivity index (χ0n) is 8.47. The molecule has 1 rings (SSSR count). The van der Waals surface area contributed by atoms with Crippen molar-refractivity contribution in [2.75, 3.05) is 0 Å². The van der Waals surface area contributed by atoms with E-state index < -0.39 is 5.97 Å². The number of hydrogen-bond donors (Lipinski definition) is 1. The Morgan fingerprint density at radius 1 is 1.50 bits per heavy atom. The Morgan fingerprint density at radius 3 is 2.71 bits per heavy atom. The van der Waals surface area contributed by atoms with E-state index in [9.17, 15) is 4.79 Å². The van der Waals surface area contributed by atoms with E-state index in [4.69, 9.17) is 5.11 Å². The third-order valence-electron chi connectivity index (χ3n) is 2.50. The molecule has 3 heteroatoms. The van der Waals surface area contributed by atoms with Crippen LogP contribution in [0.3, 0.4) is 0 Å². The second-order valence-corrected chi connectivity index (χ2v) is 3.63. The summed E-state index contributed by atoms with van der Waals surface area (Å²) in [4.78, 5) is 14.9. The quantitative estimate of drug-likeness (QED) is 0.795.